The number of fused-ring (bicyclic) bond motifs is 1. The van der Waals surface area contributed by atoms with Gasteiger partial charge in [-0.3, -0.25) is 4.79 Å². The van der Waals surface area contributed by atoms with Crippen LogP contribution in [-0.2, 0) is 0 Å². The zero-order valence-corrected chi connectivity index (χ0v) is 13.4. The molecule has 5 heteroatoms. The maximum absolute atomic E-state index is 12.7. The number of nitrogens with two attached hydrogens (primary N) is 1. The molecular weight excluding hydrogens is 282 g/mol. The molecule has 3 rings (SSSR count). The number of carbonyl (C=O) groups excluding carboxylic acids is 1. The summed E-state index contributed by atoms with van der Waals surface area (Å²) in [7, 11) is 0. The second-order valence-electron chi connectivity index (χ2n) is 6.34. The van der Waals surface area contributed by atoms with Crippen molar-refractivity contribution in [1.82, 2.24) is 9.27 Å². The van der Waals surface area contributed by atoms with E-state index in [2.05, 4.69) is 23.4 Å². The first-order chi connectivity index (χ1) is 10.0. The van der Waals surface area contributed by atoms with Gasteiger partial charge in [-0.1, -0.05) is 18.6 Å². The largest absolute Gasteiger partial charge is 0.337 e. The van der Waals surface area contributed by atoms with Crippen molar-refractivity contribution in [3.8, 4) is 0 Å². The van der Waals surface area contributed by atoms with Gasteiger partial charge in [0.25, 0.3) is 5.91 Å². The molecule has 0 bridgehead atoms. The van der Waals surface area contributed by atoms with Gasteiger partial charge in [0, 0.05) is 18.5 Å². The molecule has 0 atom stereocenters. The van der Waals surface area contributed by atoms with E-state index in [1.165, 1.54) is 11.5 Å². The highest BCUT2D eigenvalue weighted by atomic mass is 32.1. The highest BCUT2D eigenvalue weighted by Gasteiger charge is 2.32. The molecule has 2 N–H and O–H groups in total. The van der Waals surface area contributed by atoms with Gasteiger partial charge in [0.2, 0.25) is 0 Å². The summed E-state index contributed by atoms with van der Waals surface area (Å²) in [6.07, 6.45) is 1.94. The number of likely N-dealkylation sites (tertiary alicyclic amines) is 1. The van der Waals surface area contributed by atoms with E-state index in [4.69, 9.17) is 5.73 Å². The lowest BCUT2D eigenvalue weighted by Gasteiger charge is -2.38. The van der Waals surface area contributed by atoms with Crippen LogP contribution >= 0.6 is 11.5 Å². The summed E-state index contributed by atoms with van der Waals surface area (Å²) >= 11 is 1.40. The van der Waals surface area contributed by atoms with E-state index in [0.29, 0.717) is 12.2 Å². The summed E-state index contributed by atoms with van der Waals surface area (Å²) < 4.78 is 5.47. The molecule has 1 aliphatic rings. The summed E-state index contributed by atoms with van der Waals surface area (Å²) in [5.74, 6) is 0.0610. The van der Waals surface area contributed by atoms with Gasteiger partial charge in [0.15, 0.2) is 0 Å². The first-order valence-electron chi connectivity index (χ1n) is 7.38. The summed E-state index contributed by atoms with van der Waals surface area (Å²) in [6, 6.07) is 6.16. The second kappa shape index (κ2) is 5.39. The molecule has 1 fully saturated rings. The Morgan fingerprint density at radius 3 is 2.81 bits per heavy atom. The highest BCUT2D eigenvalue weighted by molar-refractivity contribution is 7.13. The van der Waals surface area contributed by atoms with Crippen LogP contribution in [0.15, 0.2) is 18.2 Å². The molecule has 112 valence electrons. The van der Waals surface area contributed by atoms with E-state index in [0.717, 1.165) is 41.6 Å². The molecule has 0 spiro atoms. The van der Waals surface area contributed by atoms with E-state index in [1.807, 2.05) is 17.9 Å². The fourth-order valence-corrected chi connectivity index (χ4v) is 3.56. The van der Waals surface area contributed by atoms with E-state index in [1.54, 1.807) is 0 Å². The summed E-state index contributed by atoms with van der Waals surface area (Å²) in [4.78, 5) is 14.6. The summed E-state index contributed by atoms with van der Waals surface area (Å²) in [6.45, 7) is 6.48. The Hall–Kier alpha value is -1.46. The topological polar surface area (TPSA) is 59.2 Å². The van der Waals surface area contributed by atoms with Gasteiger partial charge in [-0.2, -0.15) is 4.37 Å². The monoisotopic (exact) mass is 303 g/mol. The van der Waals surface area contributed by atoms with Gasteiger partial charge < -0.3 is 10.6 Å². The van der Waals surface area contributed by atoms with E-state index < -0.39 is 0 Å². The van der Waals surface area contributed by atoms with Crippen molar-refractivity contribution in [2.24, 2.45) is 11.1 Å². The zero-order chi connectivity index (χ0) is 15.0. The van der Waals surface area contributed by atoms with E-state index >= 15 is 0 Å². The Morgan fingerprint density at radius 1 is 1.43 bits per heavy atom. The van der Waals surface area contributed by atoms with Crippen molar-refractivity contribution < 1.29 is 4.79 Å². The molecule has 0 unspecified atom stereocenters. The molecule has 0 radical (unpaired) electrons. The fraction of sp³-hybridized carbons (Fsp3) is 0.500. The van der Waals surface area contributed by atoms with Crippen LogP contribution in [0.25, 0.3) is 10.1 Å². The van der Waals surface area contributed by atoms with Crippen LogP contribution in [0, 0.1) is 12.3 Å². The molecule has 2 heterocycles. The number of piperidine rings is 1. The lowest BCUT2D eigenvalue weighted by molar-refractivity contribution is 0.0615. The first-order valence-corrected chi connectivity index (χ1v) is 8.15. The molecule has 1 aliphatic heterocycles. The third-order valence-electron chi connectivity index (χ3n) is 4.58. The molecule has 2 aromatic rings. The van der Waals surface area contributed by atoms with Crippen LogP contribution in [0.2, 0.25) is 0 Å². The maximum atomic E-state index is 12.7. The van der Waals surface area contributed by atoms with E-state index in [9.17, 15) is 4.79 Å². The van der Waals surface area contributed by atoms with Crippen LogP contribution in [-0.4, -0.2) is 34.8 Å². The van der Waals surface area contributed by atoms with Crippen molar-refractivity contribution >= 4 is 27.5 Å². The minimum Gasteiger partial charge on any atom is -0.337 e. The Bertz CT molecular complexity index is 671. The minimum atomic E-state index is 0.0610. The average Bonchev–Trinajstić information content (AvgIpc) is 2.90. The molecule has 0 aliphatic carbocycles. The Kier molecular flexibility index (Phi) is 3.71. The highest BCUT2D eigenvalue weighted by Crippen LogP contribution is 2.31. The molecule has 1 amide bonds. The van der Waals surface area contributed by atoms with Gasteiger partial charge in [-0.05, 0) is 55.4 Å². The van der Waals surface area contributed by atoms with Gasteiger partial charge in [0.05, 0.1) is 4.70 Å². The predicted octanol–water partition coefficient (Wildman–Crippen LogP) is 2.81. The third-order valence-corrected chi connectivity index (χ3v) is 5.41. The number of aromatic nitrogens is 1. The first kappa shape index (κ1) is 14.5. The van der Waals surface area contributed by atoms with Crippen molar-refractivity contribution in [2.45, 2.75) is 26.7 Å². The van der Waals surface area contributed by atoms with Crippen molar-refractivity contribution in [3.63, 3.8) is 0 Å². The number of benzene rings is 1. The van der Waals surface area contributed by atoms with Gasteiger partial charge in [-0.25, -0.2) is 0 Å². The standard InChI is InChI=1S/C16H21N3OS/c1-11-3-4-13-12(9-11)14(18-21-13)15(20)19-7-5-16(2,10-17)6-8-19/h3-4,9H,5-8,10,17H2,1-2H3. The lowest BCUT2D eigenvalue weighted by Crippen LogP contribution is -2.44. The van der Waals surface area contributed by atoms with Crippen molar-refractivity contribution in [2.75, 3.05) is 19.6 Å². The van der Waals surface area contributed by atoms with Crippen LogP contribution in [0.4, 0.5) is 0 Å². The Morgan fingerprint density at radius 2 is 2.14 bits per heavy atom. The average molecular weight is 303 g/mol. The van der Waals surface area contributed by atoms with Crippen molar-refractivity contribution in [3.05, 3.63) is 29.5 Å². The summed E-state index contributed by atoms with van der Waals surface area (Å²) in [5, 5.41) is 0.983. The smallest absolute Gasteiger partial charge is 0.274 e. The second-order valence-corrected chi connectivity index (χ2v) is 7.14. The van der Waals surface area contributed by atoms with Crippen LogP contribution in [0.5, 0.6) is 0 Å². The number of hydrogen-bond donors (Lipinski definition) is 1. The quantitative estimate of drug-likeness (QED) is 0.928. The van der Waals surface area contributed by atoms with Gasteiger partial charge in [-0.15, -0.1) is 0 Å². The number of aryl methyl sites for hydroxylation is 1. The Balaban J connectivity index is 1.83. The fourth-order valence-electron chi connectivity index (χ4n) is 2.81. The molecule has 1 aromatic carbocycles. The van der Waals surface area contributed by atoms with Gasteiger partial charge in [0.1, 0.15) is 5.69 Å². The predicted molar refractivity (Wildman–Crippen MR) is 86.7 cm³/mol. The molecule has 1 saturated heterocycles. The molecular formula is C16H21N3OS. The maximum Gasteiger partial charge on any atom is 0.274 e. The molecule has 21 heavy (non-hydrogen) atoms. The third kappa shape index (κ3) is 2.68. The zero-order valence-electron chi connectivity index (χ0n) is 12.6. The van der Waals surface area contributed by atoms with Crippen LogP contribution in [0.1, 0.15) is 35.8 Å². The normalized spacial score (nSPS) is 18.1. The molecule has 0 saturated carbocycles. The number of nitrogens with zero attached hydrogens (tertiary/aromatic N) is 2. The summed E-state index contributed by atoms with van der Waals surface area (Å²) in [5.41, 5.74) is 7.77. The SMILES string of the molecule is Cc1ccc2snc(C(=O)N3CCC(C)(CN)CC3)c2c1. The van der Waals surface area contributed by atoms with Crippen LogP contribution in [0.3, 0.4) is 0 Å². The number of amides is 1. The number of carbonyl (C=O) groups is 1. The Labute approximate surface area is 129 Å². The molecule has 1 aromatic heterocycles. The van der Waals surface area contributed by atoms with Crippen LogP contribution < -0.4 is 5.73 Å². The van der Waals surface area contributed by atoms with Gasteiger partial charge >= 0.3 is 0 Å². The van der Waals surface area contributed by atoms with Crippen molar-refractivity contribution in [1.29, 1.82) is 0 Å². The van der Waals surface area contributed by atoms with E-state index in [-0.39, 0.29) is 11.3 Å². The number of hydrogen-bond acceptors (Lipinski definition) is 4. The molecule has 4 nitrogen and oxygen atoms in total. The number of rotatable bonds is 2. The minimum absolute atomic E-state index is 0.0610. The lowest BCUT2D eigenvalue weighted by atomic mass is 9.80.